The van der Waals surface area contributed by atoms with Crippen molar-refractivity contribution in [2.24, 2.45) is 5.73 Å². The lowest BCUT2D eigenvalue weighted by molar-refractivity contribution is -0.122. The molecule has 4 nitrogen and oxygen atoms in total. The molecule has 0 saturated carbocycles. The zero-order valence-corrected chi connectivity index (χ0v) is 9.78. The van der Waals surface area contributed by atoms with Crippen molar-refractivity contribution in [2.45, 2.75) is 19.0 Å². The number of hydrogen-bond acceptors (Lipinski definition) is 3. The van der Waals surface area contributed by atoms with Crippen LogP contribution >= 0.6 is 0 Å². The standard InChI is InChI=1S/C12H17FN2O2/c1-17-7-6-11(14)12(16)15-8-9-4-2-3-5-10(9)13/h2-5,11H,6-8,14H2,1H3,(H,15,16). The number of rotatable bonds is 6. The van der Waals surface area contributed by atoms with E-state index in [0.717, 1.165) is 0 Å². The molecule has 1 amide bonds. The first-order chi connectivity index (χ1) is 8.15. The lowest BCUT2D eigenvalue weighted by atomic mass is 10.2. The van der Waals surface area contributed by atoms with Gasteiger partial charge in [-0.15, -0.1) is 0 Å². The minimum atomic E-state index is -0.623. The SMILES string of the molecule is COCCC(N)C(=O)NCc1ccccc1F. The number of nitrogens with one attached hydrogen (secondary N) is 1. The highest BCUT2D eigenvalue weighted by atomic mass is 19.1. The summed E-state index contributed by atoms with van der Waals surface area (Å²) in [6.45, 7) is 0.570. The van der Waals surface area contributed by atoms with E-state index in [0.29, 0.717) is 18.6 Å². The number of carbonyl (C=O) groups excluding carboxylic acids is 1. The van der Waals surface area contributed by atoms with Crippen LogP contribution in [0.2, 0.25) is 0 Å². The Bertz CT molecular complexity index is 371. The van der Waals surface area contributed by atoms with E-state index in [1.807, 2.05) is 0 Å². The molecule has 17 heavy (non-hydrogen) atoms. The number of nitrogens with two attached hydrogens (primary N) is 1. The highest BCUT2D eigenvalue weighted by Crippen LogP contribution is 2.05. The number of benzene rings is 1. The summed E-state index contributed by atoms with van der Waals surface area (Å²) >= 11 is 0. The molecule has 1 rings (SSSR count). The van der Waals surface area contributed by atoms with Crippen LogP contribution in [0.5, 0.6) is 0 Å². The molecule has 1 unspecified atom stereocenters. The monoisotopic (exact) mass is 240 g/mol. The third kappa shape index (κ3) is 4.50. The predicted molar refractivity (Wildman–Crippen MR) is 62.7 cm³/mol. The van der Waals surface area contributed by atoms with Crippen LogP contribution in [0, 0.1) is 5.82 Å². The number of amides is 1. The Labute approximate surface area is 100.0 Å². The molecule has 0 aliphatic carbocycles. The van der Waals surface area contributed by atoms with Gasteiger partial charge < -0.3 is 15.8 Å². The van der Waals surface area contributed by atoms with Crippen molar-refractivity contribution >= 4 is 5.91 Å². The summed E-state index contributed by atoms with van der Waals surface area (Å²) < 4.78 is 18.1. The van der Waals surface area contributed by atoms with E-state index in [-0.39, 0.29) is 18.3 Å². The van der Waals surface area contributed by atoms with Gasteiger partial charge in [0.2, 0.25) is 5.91 Å². The van der Waals surface area contributed by atoms with Crippen molar-refractivity contribution in [3.05, 3.63) is 35.6 Å². The molecule has 0 saturated heterocycles. The Morgan fingerprint density at radius 3 is 2.88 bits per heavy atom. The topological polar surface area (TPSA) is 64.3 Å². The third-order valence-corrected chi connectivity index (χ3v) is 2.38. The molecular weight excluding hydrogens is 223 g/mol. The van der Waals surface area contributed by atoms with Gasteiger partial charge in [-0.1, -0.05) is 18.2 Å². The van der Waals surface area contributed by atoms with Gasteiger partial charge in [-0.05, 0) is 12.5 Å². The van der Waals surface area contributed by atoms with Crippen LogP contribution < -0.4 is 11.1 Å². The number of halogens is 1. The normalized spacial score (nSPS) is 12.2. The molecule has 1 atom stereocenters. The molecule has 0 aromatic heterocycles. The van der Waals surface area contributed by atoms with E-state index in [1.165, 1.54) is 6.07 Å². The van der Waals surface area contributed by atoms with E-state index in [1.54, 1.807) is 25.3 Å². The second-order valence-electron chi connectivity index (χ2n) is 3.70. The average Bonchev–Trinajstić information content (AvgIpc) is 2.34. The van der Waals surface area contributed by atoms with E-state index in [9.17, 15) is 9.18 Å². The second kappa shape index (κ2) is 6.98. The van der Waals surface area contributed by atoms with Gasteiger partial charge >= 0.3 is 0 Å². The second-order valence-corrected chi connectivity index (χ2v) is 3.70. The Morgan fingerprint density at radius 2 is 2.24 bits per heavy atom. The van der Waals surface area contributed by atoms with Crippen molar-refractivity contribution in [1.29, 1.82) is 0 Å². The van der Waals surface area contributed by atoms with E-state index in [4.69, 9.17) is 10.5 Å². The van der Waals surface area contributed by atoms with E-state index >= 15 is 0 Å². The minimum Gasteiger partial charge on any atom is -0.385 e. The molecule has 0 radical (unpaired) electrons. The molecule has 0 fully saturated rings. The van der Waals surface area contributed by atoms with Crippen LogP contribution in [0.3, 0.4) is 0 Å². The summed E-state index contributed by atoms with van der Waals surface area (Å²) in [5, 5.41) is 2.59. The van der Waals surface area contributed by atoms with E-state index < -0.39 is 6.04 Å². The Kier molecular flexibility index (Phi) is 5.59. The first kappa shape index (κ1) is 13.6. The summed E-state index contributed by atoms with van der Waals surface area (Å²) in [5.41, 5.74) is 6.06. The van der Waals surface area contributed by atoms with Crippen LogP contribution in [-0.4, -0.2) is 25.7 Å². The summed E-state index contributed by atoms with van der Waals surface area (Å²) in [6, 6.07) is 5.67. The minimum absolute atomic E-state index is 0.145. The molecule has 5 heteroatoms. The van der Waals surface area contributed by atoms with Gasteiger partial charge in [-0.2, -0.15) is 0 Å². The fraction of sp³-hybridized carbons (Fsp3) is 0.417. The Balaban J connectivity index is 2.40. The van der Waals surface area contributed by atoms with Crippen molar-refractivity contribution < 1.29 is 13.9 Å². The lowest BCUT2D eigenvalue weighted by Crippen LogP contribution is -2.41. The molecule has 0 aliphatic rings. The summed E-state index contributed by atoms with van der Waals surface area (Å²) in [5.74, 6) is -0.636. The highest BCUT2D eigenvalue weighted by Gasteiger charge is 2.12. The molecule has 3 N–H and O–H groups in total. The largest absolute Gasteiger partial charge is 0.385 e. The molecule has 0 heterocycles. The van der Waals surface area contributed by atoms with Crippen LogP contribution in [-0.2, 0) is 16.1 Å². The maximum atomic E-state index is 13.2. The maximum absolute atomic E-state index is 13.2. The number of hydrogen-bond donors (Lipinski definition) is 2. The Hall–Kier alpha value is -1.46. The fourth-order valence-corrected chi connectivity index (χ4v) is 1.33. The van der Waals surface area contributed by atoms with Gasteiger partial charge in [0, 0.05) is 25.8 Å². The number of ether oxygens (including phenoxy) is 1. The van der Waals surface area contributed by atoms with Gasteiger partial charge in [0.25, 0.3) is 0 Å². The van der Waals surface area contributed by atoms with Crippen LogP contribution in [0.25, 0.3) is 0 Å². The third-order valence-electron chi connectivity index (χ3n) is 2.38. The van der Waals surface area contributed by atoms with Gasteiger partial charge in [0.15, 0.2) is 0 Å². The van der Waals surface area contributed by atoms with Crippen molar-refractivity contribution in [3.8, 4) is 0 Å². The smallest absolute Gasteiger partial charge is 0.237 e. The Morgan fingerprint density at radius 1 is 1.53 bits per heavy atom. The molecule has 0 spiro atoms. The summed E-state index contributed by atoms with van der Waals surface area (Å²) in [7, 11) is 1.55. The first-order valence-electron chi connectivity index (χ1n) is 5.40. The van der Waals surface area contributed by atoms with Gasteiger partial charge in [-0.25, -0.2) is 4.39 Å². The molecule has 0 aliphatic heterocycles. The predicted octanol–water partition coefficient (Wildman–Crippen LogP) is 0.806. The average molecular weight is 240 g/mol. The highest BCUT2D eigenvalue weighted by molar-refractivity contribution is 5.81. The van der Waals surface area contributed by atoms with Crippen molar-refractivity contribution in [1.82, 2.24) is 5.32 Å². The van der Waals surface area contributed by atoms with Crippen molar-refractivity contribution in [2.75, 3.05) is 13.7 Å². The van der Waals surface area contributed by atoms with Crippen molar-refractivity contribution in [3.63, 3.8) is 0 Å². The van der Waals surface area contributed by atoms with Gasteiger partial charge in [0.1, 0.15) is 5.82 Å². The quantitative estimate of drug-likeness (QED) is 0.773. The maximum Gasteiger partial charge on any atom is 0.237 e. The van der Waals surface area contributed by atoms with E-state index in [2.05, 4.69) is 5.32 Å². The summed E-state index contributed by atoms with van der Waals surface area (Å²) in [6.07, 6.45) is 0.444. The summed E-state index contributed by atoms with van der Waals surface area (Å²) in [4.78, 5) is 11.5. The molecule has 94 valence electrons. The molecule has 0 bridgehead atoms. The zero-order valence-electron chi connectivity index (χ0n) is 9.78. The van der Waals surface area contributed by atoms with Crippen LogP contribution in [0.4, 0.5) is 4.39 Å². The lowest BCUT2D eigenvalue weighted by Gasteiger charge is -2.11. The number of methoxy groups -OCH3 is 1. The van der Waals surface area contributed by atoms with Crippen LogP contribution in [0.15, 0.2) is 24.3 Å². The van der Waals surface area contributed by atoms with Gasteiger partial charge in [0.05, 0.1) is 6.04 Å². The van der Waals surface area contributed by atoms with Gasteiger partial charge in [-0.3, -0.25) is 4.79 Å². The molecular formula is C12H17FN2O2. The zero-order chi connectivity index (χ0) is 12.7. The first-order valence-corrected chi connectivity index (χ1v) is 5.40. The number of carbonyl (C=O) groups is 1. The molecule has 1 aromatic carbocycles. The molecule has 1 aromatic rings. The van der Waals surface area contributed by atoms with Crippen LogP contribution in [0.1, 0.15) is 12.0 Å². The fourth-order valence-electron chi connectivity index (χ4n) is 1.33.